The standard InChI is InChI=1S/C66H42O4S4/c67-37-39-31-43-23-27-45(35-51(43)53(33-39)49-15-9-21-61-65(49)73-59-19-7-5-17-57(59)71-61)69-55-29-25-41-11-1-3-13-47(41)63(55)64-48-14-4-2-12-42(48)26-30-56(64)70-46-28-24-44-32-40(38-68)34-54(52(44)36-46)50-16-10-22-62-66(50)74-60-20-8-6-18-58(60)72-62/h1-36,67-68H,37-38H2. The molecule has 0 saturated carbocycles. The van der Waals surface area contributed by atoms with Crippen molar-refractivity contribution in [1.29, 1.82) is 0 Å². The molecule has 0 bridgehead atoms. The van der Waals surface area contributed by atoms with E-state index in [9.17, 15) is 10.2 Å². The van der Waals surface area contributed by atoms with Gasteiger partial charge in [-0.15, -0.1) is 0 Å². The van der Waals surface area contributed by atoms with Crippen molar-refractivity contribution in [3.8, 4) is 56.4 Å². The SMILES string of the molecule is OCc1cc(-c2cccc3c2Sc2ccccc2S3)c2cc(Oc3ccc4ccccc4c3-c3c(Oc4ccc5cc(CO)cc(-c6cccc7c6Sc6ccccc6S7)c5c4)ccc4ccccc34)ccc2c1. The summed E-state index contributed by atoms with van der Waals surface area (Å²) in [5.74, 6) is 2.78. The maximum Gasteiger partial charge on any atom is 0.136 e. The minimum Gasteiger partial charge on any atom is -0.457 e. The molecule has 0 aromatic heterocycles. The van der Waals surface area contributed by atoms with Crippen molar-refractivity contribution in [3.63, 3.8) is 0 Å². The predicted octanol–water partition coefficient (Wildman–Crippen LogP) is 19.1. The lowest BCUT2D eigenvalue weighted by Gasteiger charge is -2.22. The fourth-order valence-electron chi connectivity index (χ4n) is 10.5. The van der Waals surface area contributed by atoms with Crippen LogP contribution in [0.1, 0.15) is 11.1 Å². The zero-order chi connectivity index (χ0) is 49.3. The van der Waals surface area contributed by atoms with Gasteiger partial charge in [0, 0.05) is 50.3 Å². The van der Waals surface area contributed by atoms with Crippen molar-refractivity contribution < 1.29 is 19.7 Å². The minimum atomic E-state index is -0.0650. The quantitative estimate of drug-likeness (QED) is 0.148. The number of hydrogen-bond donors (Lipinski definition) is 2. The number of rotatable bonds is 9. The number of aliphatic hydroxyl groups is 2. The minimum absolute atomic E-state index is 0.0650. The van der Waals surface area contributed by atoms with E-state index in [1.807, 2.05) is 12.1 Å². The summed E-state index contributed by atoms with van der Waals surface area (Å²) in [6, 6.07) is 76.5. The van der Waals surface area contributed by atoms with Crippen molar-refractivity contribution in [3.05, 3.63) is 230 Å². The van der Waals surface area contributed by atoms with Gasteiger partial charge in [0.15, 0.2) is 0 Å². The van der Waals surface area contributed by atoms with Crippen molar-refractivity contribution in [1.82, 2.24) is 0 Å². The summed E-state index contributed by atoms with van der Waals surface area (Å²) in [7, 11) is 0. The molecular formula is C66H42O4S4. The van der Waals surface area contributed by atoms with Gasteiger partial charge in [-0.3, -0.25) is 0 Å². The molecule has 12 aromatic carbocycles. The Kier molecular flexibility index (Phi) is 11.5. The largest absolute Gasteiger partial charge is 0.457 e. The van der Waals surface area contributed by atoms with Crippen LogP contribution in [-0.2, 0) is 13.2 Å². The third-order valence-electron chi connectivity index (χ3n) is 13.9. The van der Waals surface area contributed by atoms with Gasteiger partial charge >= 0.3 is 0 Å². The number of benzene rings is 12. The lowest BCUT2D eigenvalue weighted by Crippen LogP contribution is -1.96. The highest BCUT2D eigenvalue weighted by Crippen LogP contribution is 2.55. The molecule has 0 unspecified atom stereocenters. The van der Waals surface area contributed by atoms with Gasteiger partial charge in [0.25, 0.3) is 0 Å². The van der Waals surface area contributed by atoms with Gasteiger partial charge in [-0.05, 0) is 174 Å². The van der Waals surface area contributed by atoms with Gasteiger partial charge in [0.1, 0.15) is 23.0 Å². The average molecular weight is 1030 g/mol. The summed E-state index contributed by atoms with van der Waals surface area (Å²) in [6.07, 6.45) is 0. The van der Waals surface area contributed by atoms with Gasteiger partial charge in [-0.25, -0.2) is 0 Å². The molecule has 8 heteroatoms. The van der Waals surface area contributed by atoms with Crippen LogP contribution in [-0.4, -0.2) is 10.2 Å². The Morgan fingerprint density at radius 1 is 0.297 bits per heavy atom. The molecular weight excluding hydrogens is 985 g/mol. The van der Waals surface area contributed by atoms with Crippen molar-refractivity contribution >= 4 is 90.1 Å². The third kappa shape index (κ3) is 8.01. The van der Waals surface area contributed by atoms with E-state index in [1.54, 1.807) is 47.0 Å². The van der Waals surface area contributed by atoms with E-state index < -0.39 is 0 Å². The lowest BCUT2D eigenvalue weighted by molar-refractivity contribution is 0.282. The number of aliphatic hydroxyl groups excluding tert-OH is 2. The summed E-state index contributed by atoms with van der Waals surface area (Å²) in [4.78, 5) is 9.84. The molecule has 2 aliphatic rings. The highest BCUT2D eigenvalue weighted by Gasteiger charge is 2.25. The molecule has 74 heavy (non-hydrogen) atoms. The van der Waals surface area contributed by atoms with Crippen LogP contribution in [0.15, 0.2) is 258 Å². The van der Waals surface area contributed by atoms with Crippen LogP contribution in [0.3, 0.4) is 0 Å². The highest BCUT2D eigenvalue weighted by atomic mass is 32.2. The highest BCUT2D eigenvalue weighted by molar-refractivity contribution is 8.05. The van der Waals surface area contributed by atoms with Crippen LogP contribution in [0.5, 0.6) is 23.0 Å². The van der Waals surface area contributed by atoms with Crippen LogP contribution in [0.4, 0.5) is 0 Å². The van der Waals surface area contributed by atoms with Gasteiger partial charge in [0.05, 0.1) is 13.2 Å². The maximum atomic E-state index is 10.5. The van der Waals surface area contributed by atoms with E-state index in [2.05, 4.69) is 206 Å². The maximum absolute atomic E-state index is 10.5. The Bertz CT molecular complexity index is 3990. The van der Waals surface area contributed by atoms with Crippen LogP contribution < -0.4 is 9.47 Å². The van der Waals surface area contributed by atoms with Crippen LogP contribution in [0, 0.1) is 0 Å². The molecule has 2 N–H and O–H groups in total. The first kappa shape index (κ1) is 45.2. The summed E-state index contributed by atoms with van der Waals surface area (Å²) in [6.45, 7) is -0.130. The second kappa shape index (κ2) is 18.8. The molecule has 0 atom stereocenters. The first-order valence-electron chi connectivity index (χ1n) is 24.4. The Morgan fingerprint density at radius 2 is 0.689 bits per heavy atom. The van der Waals surface area contributed by atoms with E-state index in [1.165, 1.54) is 39.2 Å². The van der Waals surface area contributed by atoms with Gasteiger partial charge < -0.3 is 19.7 Å². The first-order chi connectivity index (χ1) is 36.5. The molecule has 0 saturated heterocycles. The Morgan fingerprint density at radius 3 is 1.14 bits per heavy atom. The molecule has 0 amide bonds. The van der Waals surface area contributed by atoms with E-state index in [-0.39, 0.29) is 13.2 Å². The van der Waals surface area contributed by atoms with Crippen molar-refractivity contribution in [2.45, 2.75) is 52.4 Å². The van der Waals surface area contributed by atoms with E-state index in [0.29, 0.717) is 23.0 Å². The molecule has 0 radical (unpaired) electrons. The van der Waals surface area contributed by atoms with Crippen molar-refractivity contribution in [2.75, 3.05) is 0 Å². The molecule has 0 spiro atoms. The zero-order valence-corrected chi connectivity index (χ0v) is 42.8. The predicted molar refractivity (Wildman–Crippen MR) is 307 cm³/mol. The fraction of sp³-hybridized carbons (Fsp3) is 0.0303. The van der Waals surface area contributed by atoms with E-state index in [4.69, 9.17) is 9.47 Å². The van der Waals surface area contributed by atoms with Crippen LogP contribution in [0.25, 0.3) is 76.5 Å². The van der Waals surface area contributed by atoms with E-state index >= 15 is 0 Å². The average Bonchev–Trinajstić information content (AvgIpc) is 3.47. The summed E-state index contributed by atoms with van der Waals surface area (Å²) >= 11 is 7.21. The monoisotopic (exact) mass is 1030 g/mol. The molecule has 354 valence electrons. The molecule has 0 fully saturated rings. The zero-order valence-electron chi connectivity index (χ0n) is 39.5. The Labute approximate surface area is 445 Å². The summed E-state index contributed by atoms with van der Waals surface area (Å²) in [5.41, 5.74) is 7.90. The fourth-order valence-corrected chi connectivity index (χ4v) is 15.3. The summed E-state index contributed by atoms with van der Waals surface area (Å²) in [5, 5.41) is 29.4. The number of ether oxygens (including phenoxy) is 2. The van der Waals surface area contributed by atoms with E-state index in [0.717, 1.165) is 87.6 Å². The van der Waals surface area contributed by atoms with Gasteiger partial charge in [-0.1, -0.05) is 168 Å². The number of fused-ring (bicyclic) bond motifs is 8. The first-order valence-corrected chi connectivity index (χ1v) is 27.7. The molecule has 0 aliphatic carbocycles. The third-order valence-corrected chi connectivity index (χ3v) is 19.2. The second-order valence-corrected chi connectivity index (χ2v) is 22.7. The van der Waals surface area contributed by atoms with Crippen LogP contribution in [0.2, 0.25) is 0 Å². The molecule has 14 rings (SSSR count). The molecule has 4 nitrogen and oxygen atoms in total. The van der Waals surface area contributed by atoms with Crippen molar-refractivity contribution in [2.24, 2.45) is 0 Å². The summed E-state index contributed by atoms with van der Waals surface area (Å²) < 4.78 is 14.4. The normalized spacial score (nSPS) is 12.6. The molecule has 2 aliphatic heterocycles. The second-order valence-electron chi connectivity index (χ2n) is 18.5. The molecule has 2 heterocycles. The Balaban J connectivity index is 0.902. The van der Waals surface area contributed by atoms with Gasteiger partial charge in [-0.2, -0.15) is 0 Å². The topological polar surface area (TPSA) is 58.9 Å². The van der Waals surface area contributed by atoms with Crippen LogP contribution >= 0.6 is 47.0 Å². The number of hydrogen-bond acceptors (Lipinski definition) is 8. The molecule has 12 aromatic rings. The lowest BCUT2D eigenvalue weighted by atomic mass is 9.92. The Hall–Kier alpha value is -7.40. The van der Waals surface area contributed by atoms with Gasteiger partial charge in [0.2, 0.25) is 0 Å². The smallest absolute Gasteiger partial charge is 0.136 e.